The summed E-state index contributed by atoms with van der Waals surface area (Å²) in [6.07, 6.45) is 0.0837. The zero-order valence-corrected chi connectivity index (χ0v) is 17.6. The molecular formula is C22H31N3O4. The molecule has 0 aliphatic heterocycles. The van der Waals surface area contributed by atoms with E-state index in [9.17, 15) is 5.11 Å². The minimum atomic E-state index is -0.768. The maximum atomic E-state index is 10.5. The molecular weight excluding hydrogens is 370 g/mol. The van der Waals surface area contributed by atoms with Gasteiger partial charge in [0.25, 0.3) is 0 Å². The van der Waals surface area contributed by atoms with Gasteiger partial charge in [0, 0.05) is 19.2 Å². The van der Waals surface area contributed by atoms with Gasteiger partial charge in [-0.3, -0.25) is 4.99 Å². The largest absolute Gasteiger partial charge is 0.497 e. The van der Waals surface area contributed by atoms with Crippen molar-refractivity contribution < 1.29 is 19.3 Å². The van der Waals surface area contributed by atoms with Gasteiger partial charge in [0.2, 0.25) is 0 Å². The summed E-state index contributed by atoms with van der Waals surface area (Å²) in [7, 11) is 4.82. The second kappa shape index (κ2) is 11.8. The van der Waals surface area contributed by atoms with Crippen LogP contribution in [-0.2, 0) is 6.42 Å². The Morgan fingerprint density at radius 1 is 0.931 bits per heavy atom. The normalized spacial score (nSPS) is 12.2. The SMILES string of the molecule is CCNC(=NCC(O)c1cc(OC)cc(OC)c1)NCCc1ccc(OC)cc1. The Kier molecular flexibility index (Phi) is 9.11. The Balaban J connectivity index is 1.95. The fraction of sp³-hybridized carbons (Fsp3) is 0.409. The van der Waals surface area contributed by atoms with Crippen LogP contribution in [0, 0.1) is 0 Å². The number of nitrogens with one attached hydrogen (secondary N) is 2. The Hall–Kier alpha value is -2.93. The van der Waals surface area contributed by atoms with E-state index in [1.165, 1.54) is 5.56 Å². The topological polar surface area (TPSA) is 84.3 Å². The zero-order valence-electron chi connectivity index (χ0n) is 17.6. The van der Waals surface area contributed by atoms with Gasteiger partial charge < -0.3 is 30.0 Å². The molecule has 0 heterocycles. The number of hydrogen-bond acceptors (Lipinski definition) is 5. The molecule has 7 nitrogen and oxygen atoms in total. The minimum absolute atomic E-state index is 0.216. The first kappa shape index (κ1) is 22.4. The Morgan fingerprint density at radius 2 is 1.55 bits per heavy atom. The molecule has 2 rings (SSSR count). The summed E-state index contributed by atoms with van der Waals surface area (Å²) in [5, 5.41) is 17.0. The zero-order chi connectivity index (χ0) is 21.1. The molecule has 29 heavy (non-hydrogen) atoms. The van der Waals surface area contributed by atoms with Crippen LogP contribution in [0.3, 0.4) is 0 Å². The highest BCUT2D eigenvalue weighted by molar-refractivity contribution is 5.79. The van der Waals surface area contributed by atoms with Crippen LogP contribution in [-0.4, -0.2) is 52.0 Å². The Morgan fingerprint density at radius 3 is 2.10 bits per heavy atom. The molecule has 0 fully saturated rings. The summed E-state index contributed by atoms with van der Waals surface area (Å²) in [6, 6.07) is 13.3. The summed E-state index contributed by atoms with van der Waals surface area (Å²) >= 11 is 0. The third-order valence-corrected chi connectivity index (χ3v) is 4.39. The molecule has 3 N–H and O–H groups in total. The summed E-state index contributed by atoms with van der Waals surface area (Å²) in [6.45, 7) is 3.68. The van der Waals surface area contributed by atoms with Crippen molar-refractivity contribution in [3.63, 3.8) is 0 Å². The smallest absolute Gasteiger partial charge is 0.191 e. The van der Waals surface area contributed by atoms with Gasteiger partial charge in [0.05, 0.1) is 34.0 Å². The molecule has 0 amide bonds. The van der Waals surface area contributed by atoms with Crippen LogP contribution in [0.2, 0.25) is 0 Å². The fourth-order valence-electron chi connectivity index (χ4n) is 2.76. The van der Waals surface area contributed by atoms with Crippen LogP contribution in [0.15, 0.2) is 47.5 Å². The average Bonchev–Trinajstić information content (AvgIpc) is 2.77. The van der Waals surface area contributed by atoms with Crippen molar-refractivity contribution in [1.82, 2.24) is 10.6 Å². The molecule has 2 aromatic rings. The van der Waals surface area contributed by atoms with Crippen LogP contribution in [0.5, 0.6) is 17.2 Å². The Labute approximate surface area is 172 Å². The van der Waals surface area contributed by atoms with Crippen molar-refractivity contribution in [2.24, 2.45) is 4.99 Å². The highest BCUT2D eigenvalue weighted by Gasteiger charge is 2.11. The van der Waals surface area contributed by atoms with Gasteiger partial charge in [-0.05, 0) is 48.7 Å². The predicted molar refractivity (Wildman–Crippen MR) is 115 cm³/mol. The van der Waals surface area contributed by atoms with Gasteiger partial charge in [0.1, 0.15) is 17.2 Å². The lowest BCUT2D eigenvalue weighted by atomic mass is 10.1. The predicted octanol–water partition coefficient (Wildman–Crippen LogP) is 2.54. The van der Waals surface area contributed by atoms with Gasteiger partial charge in [-0.25, -0.2) is 0 Å². The van der Waals surface area contributed by atoms with Crippen LogP contribution < -0.4 is 24.8 Å². The van der Waals surface area contributed by atoms with Crippen LogP contribution >= 0.6 is 0 Å². The van der Waals surface area contributed by atoms with Crippen molar-refractivity contribution in [2.45, 2.75) is 19.4 Å². The number of aliphatic hydroxyl groups is 1. The molecule has 0 bridgehead atoms. The molecule has 1 unspecified atom stereocenters. The highest BCUT2D eigenvalue weighted by Crippen LogP contribution is 2.26. The molecule has 0 saturated heterocycles. The van der Waals surface area contributed by atoms with E-state index in [4.69, 9.17) is 14.2 Å². The van der Waals surface area contributed by atoms with Crippen molar-refractivity contribution in [3.05, 3.63) is 53.6 Å². The van der Waals surface area contributed by atoms with E-state index < -0.39 is 6.10 Å². The standard InChI is InChI=1S/C22H31N3O4/c1-5-23-22(24-11-10-16-6-8-18(27-2)9-7-16)25-15-21(26)17-12-19(28-3)14-20(13-17)29-4/h6-9,12-14,21,26H,5,10-11,15H2,1-4H3,(H2,23,24,25). The maximum absolute atomic E-state index is 10.5. The number of aliphatic imine (C=N–C) groups is 1. The van der Waals surface area contributed by atoms with Crippen molar-refractivity contribution in [3.8, 4) is 17.2 Å². The number of nitrogens with zero attached hydrogens (tertiary/aromatic N) is 1. The number of benzene rings is 2. The molecule has 0 aliphatic rings. The van der Waals surface area contributed by atoms with E-state index in [-0.39, 0.29) is 6.54 Å². The van der Waals surface area contributed by atoms with Crippen LogP contribution in [0.1, 0.15) is 24.2 Å². The first-order chi connectivity index (χ1) is 14.1. The molecule has 0 radical (unpaired) electrons. The van der Waals surface area contributed by atoms with Gasteiger partial charge in [-0.15, -0.1) is 0 Å². The van der Waals surface area contributed by atoms with Gasteiger partial charge in [-0.1, -0.05) is 12.1 Å². The highest BCUT2D eigenvalue weighted by atomic mass is 16.5. The number of guanidine groups is 1. The summed E-state index contributed by atoms with van der Waals surface area (Å²) in [4.78, 5) is 4.50. The lowest BCUT2D eigenvalue weighted by Crippen LogP contribution is -2.38. The lowest BCUT2D eigenvalue weighted by Gasteiger charge is -2.15. The molecule has 1 atom stereocenters. The van der Waals surface area contributed by atoms with E-state index in [0.717, 1.165) is 25.3 Å². The lowest BCUT2D eigenvalue weighted by molar-refractivity contribution is 0.186. The fourth-order valence-corrected chi connectivity index (χ4v) is 2.76. The van der Waals surface area contributed by atoms with E-state index >= 15 is 0 Å². The van der Waals surface area contributed by atoms with E-state index in [2.05, 4.69) is 15.6 Å². The van der Waals surface area contributed by atoms with Crippen LogP contribution in [0.4, 0.5) is 0 Å². The molecule has 0 aliphatic carbocycles. The maximum Gasteiger partial charge on any atom is 0.191 e. The molecule has 0 saturated carbocycles. The number of aliphatic hydroxyl groups excluding tert-OH is 1. The molecule has 7 heteroatoms. The van der Waals surface area contributed by atoms with Crippen molar-refractivity contribution >= 4 is 5.96 Å². The average molecular weight is 402 g/mol. The summed E-state index contributed by atoms with van der Waals surface area (Å²) in [5.74, 6) is 2.77. The van der Waals surface area contributed by atoms with Gasteiger partial charge in [-0.2, -0.15) is 0 Å². The number of hydrogen-bond donors (Lipinski definition) is 3. The third kappa shape index (κ3) is 7.19. The molecule has 158 valence electrons. The van der Waals surface area contributed by atoms with E-state index in [1.807, 2.05) is 31.2 Å². The quantitative estimate of drug-likeness (QED) is 0.419. The van der Waals surface area contributed by atoms with Crippen molar-refractivity contribution in [1.29, 1.82) is 0 Å². The summed E-state index contributed by atoms with van der Waals surface area (Å²) < 4.78 is 15.7. The van der Waals surface area contributed by atoms with Gasteiger partial charge in [0.15, 0.2) is 5.96 Å². The van der Waals surface area contributed by atoms with E-state index in [1.54, 1.807) is 39.5 Å². The number of methoxy groups -OCH3 is 3. The third-order valence-electron chi connectivity index (χ3n) is 4.39. The Bertz CT molecular complexity index is 756. The minimum Gasteiger partial charge on any atom is -0.497 e. The van der Waals surface area contributed by atoms with E-state index in [0.29, 0.717) is 23.0 Å². The second-order valence-electron chi connectivity index (χ2n) is 6.41. The summed E-state index contributed by atoms with van der Waals surface area (Å²) in [5.41, 5.74) is 1.90. The first-order valence-corrected chi connectivity index (χ1v) is 9.65. The first-order valence-electron chi connectivity index (χ1n) is 9.65. The monoisotopic (exact) mass is 401 g/mol. The molecule has 0 spiro atoms. The number of rotatable bonds is 10. The van der Waals surface area contributed by atoms with Crippen molar-refractivity contribution in [2.75, 3.05) is 41.0 Å². The van der Waals surface area contributed by atoms with Crippen LogP contribution in [0.25, 0.3) is 0 Å². The van der Waals surface area contributed by atoms with Gasteiger partial charge >= 0.3 is 0 Å². The molecule has 0 aromatic heterocycles. The second-order valence-corrected chi connectivity index (χ2v) is 6.41. The molecule has 2 aromatic carbocycles. The number of ether oxygens (including phenoxy) is 3.